The van der Waals surface area contributed by atoms with E-state index in [1.165, 1.54) is 5.57 Å². The molecule has 0 radical (unpaired) electrons. The lowest BCUT2D eigenvalue weighted by Gasteiger charge is -2.30. The van der Waals surface area contributed by atoms with E-state index >= 15 is 0 Å². The van der Waals surface area contributed by atoms with E-state index in [1.54, 1.807) is 12.1 Å². The minimum Gasteiger partial charge on any atom is -0.384 e. The summed E-state index contributed by atoms with van der Waals surface area (Å²) in [5.74, 6) is 0. The molecule has 1 aromatic carbocycles. The topological polar surface area (TPSA) is 64.0 Å². The van der Waals surface area contributed by atoms with Crippen molar-refractivity contribution < 1.29 is 13.2 Å². The Morgan fingerprint density at radius 3 is 2.71 bits per heavy atom. The highest BCUT2D eigenvalue weighted by molar-refractivity contribution is 5.81. The van der Waals surface area contributed by atoms with Crippen LogP contribution >= 0.6 is 0 Å². The number of rotatable bonds is 4. The van der Waals surface area contributed by atoms with Crippen LogP contribution in [0.25, 0.3) is 10.9 Å². The van der Waals surface area contributed by atoms with Crippen molar-refractivity contribution in [2.45, 2.75) is 38.9 Å². The first-order chi connectivity index (χ1) is 13.3. The Morgan fingerprint density at radius 2 is 2.11 bits per heavy atom. The highest BCUT2D eigenvalue weighted by Crippen LogP contribution is 2.41. The molecule has 0 spiro atoms. The Bertz CT molecular complexity index is 1060. The molecule has 1 aliphatic carbocycles. The first-order valence-corrected chi connectivity index (χ1v) is 9.09. The van der Waals surface area contributed by atoms with Crippen molar-refractivity contribution in [2.75, 3.05) is 0 Å². The van der Waals surface area contributed by atoms with Gasteiger partial charge in [0.2, 0.25) is 0 Å². The number of halogens is 3. The van der Waals surface area contributed by atoms with Crippen molar-refractivity contribution in [1.82, 2.24) is 10.3 Å². The molecule has 1 fully saturated rings. The zero-order valence-corrected chi connectivity index (χ0v) is 15.3. The third-order valence-electron chi connectivity index (χ3n) is 5.21. The van der Waals surface area contributed by atoms with Crippen LogP contribution in [0.3, 0.4) is 0 Å². The number of fused-ring (bicyclic) bond motifs is 1. The molecule has 4 rings (SSSR count). The standard InChI is InChI=1S/C21H19F3N4/c1-20(7-6-16(10-25)27-12-20)19(14-3-4-14)26-11-13-2-5-17-15(8-13)9-18(28-17)21(22,23)24/h2,5-6,8-9,12,26,28H,3-4,7,11H2,1H3. The van der Waals surface area contributed by atoms with Crippen molar-refractivity contribution in [1.29, 1.82) is 5.26 Å². The van der Waals surface area contributed by atoms with Gasteiger partial charge in [-0.05, 0) is 61.6 Å². The molecule has 28 heavy (non-hydrogen) atoms. The number of nitrogens with zero attached hydrogens (tertiary/aromatic N) is 2. The van der Waals surface area contributed by atoms with Crippen LogP contribution in [0.5, 0.6) is 0 Å². The summed E-state index contributed by atoms with van der Waals surface area (Å²) >= 11 is 0. The van der Waals surface area contributed by atoms with Crippen molar-refractivity contribution in [3.63, 3.8) is 0 Å². The molecular weight excluding hydrogens is 365 g/mol. The van der Waals surface area contributed by atoms with Gasteiger partial charge in [-0.1, -0.05) is 6.07 Å². The summed E-state index contributed by atoms with van der Waals surface area (Å²) in [6.07, 6.45) is 2.04. The summed E-state index contributed by atoms with van der Waals surface area (Å²) < 4.78 is 38.7. The predicted octanol–water partition coefficient (Wildman–Crippen LogP) is 5.21. The average molecular weight is 384 g/mol. The quantitative estimate of drug-likeness (QED) is 0.760. The first kappa shape index (κ1) is 18.4. The van der Waals surface area contributed by atoms with Gasteiger partial charge in [0.25, 0.3) is 0 Å². The number of allylic oxidation sites excluding steroid dienone is 4. The number of alkyl halides is 3. The normalized spacial score (nSPS) is 21.4. The molecular formula is C21H19F3N4. The van der Waals surface area contributed by atoms with Crippen molar-refractivity contribution in [2.24, 2.45) is 10.4 Å². The van der Waals surface area contributed by atoms with Crippen LogP contribution in [0.15, 0.2) is 52.3 Å². The van der Waals surface area contributed by atoms with E-state index in [0.29, 0.717) is 29.6 Å². The van der Waals surface area contributed by atoms with Crippen LogP contribution in [-0.2, 0) is 12.7 Å². The van der Waals surface area contributed by atoms with Gasteiger partial charge in [0.1, 0.15) is 17.5 Å². The fourth-order valence-corrected chi connectivity index (χ4v) is 3.55. The molecule has 0 bridgehead atoms. The van der Waals surface area contributed by atoms with E-state index in [2.05, 4.69) is 28.3 Å². The number of benzene rings is 1. The Balaban J connectivity index is 1.53. The summed E-state index contributed by atoms with van der Waals surface area (Å²) in [6, 6.07) is 8.47. The summed E-state index contributed by atoms with van der Waals surface area (Å²) in [7, 11) is 0. The van der Waals surface area contributed by atoms with Crippen LogP contribution in [0.1, 0.15) is 37.4 Å². The van der Waals surface area contributed by atoms with E-state index in [0.717, 1.165) is 30.2 Å². The van der Waals surface area contributed by atoms with Crippen molar-refractivity contribution >= 4 is 17.1 Å². The molecule has 2 N–H and O–H groups in total. The van der Waals surface area contributed by atoms with Gasteiger partial charge in [0.15, 0.2) is 0 Å². The second kappa shape index (κ2) is 6.55. The van der Waals surface area contributed by atoms with Gasteiger partial charge in [-0.2, -0.15) is 18.4 Å². The fraction of sp³-hybridized carbons (Fsp3) is 0.333. The maximum atomic E-state index is 12.9. The minimum absolute atomic E-state index is 0.298. The molecule has 2 heterocycles. The summed E-state index contributed by atoms with van der Waals surface area (Å²) in [5, 5.41) is 13.0. The lowest BCUT2D eigenvalue weighted by molar-refractivity contribution is -0.140. The van der Waals surface area contributed by atoms with E-state index in [1.807, 2.05) is 18.4 Å². The molecule has 1 saturated carbocycles. The summed E-state index contributed by atoms with van der Waals surface area (Å²) in [5.41, 5.74) is 3.21. The number of hydrogen-bond acceptors (Lipinski definition) is 3. The van der Waals surface area contributed by atoms with E-state index in [9.17, 15) is 13.2 Å². The lowest BCUT2D eigenvalue weighted by atomic mass is 9.82. The lowest BCUT2D eigenvalue weighted by Crippen LogP contribution is -2.31. The molecule has 1 atom stereocenters. The zero-order valence-electron chi connectivity index (χ0n) is 15.3. The van der Waals surface area contributed by atoms with E-state index in [4.69, 9.17) is 5.26 Å². The number of nitrogens with one attached hydrogen (secondary N) is 2. The number of H-pyrrole nitrogens is 1. The number of hydrogen-bond donors (Lipinski definition) is 2. The second-order valence-corrected chi connectivity index (χ2v) is 7.52. The van der Waals surface area contributed by atoms with Crippen LogP contribution < -0.4 is 5.32 Å². The molecule has 144 valence electrons. The van der Waals surface area contributed by atoms with Crippen LogP contribution in [0, 0.1) is 16.7 Å². The highest BCUT2D eigenvalue weighted by atomic mass is 19.4. The number of nitriles is 1. The number of aromatic nitrogens is 1. The Kier molecular flexibility index (Phi) is 4.30. The van der Waals surface area contributed by atoms with Crippen LogP contribution in [0.2, 0.25) is 0 Å². The molecule has 7 heteroatoms. The maximum absolute atomic E-state index is 12.9. The summed E-state index contributed by atoms with van der Waals surface area (Å²) in [6.45, 7) is 2.60. The predicted molar refractivity (Wildman–Crippen MR) is 101 cm³/mol. The Morgan fingerprint density at radius 1 is 1.32 bits per heavy atom. The third-order valence-corrected chi connectivity index (χ3v) is 5.21. The van der Waals surface area contributed by atoms with Gasteiger partial charge in [-0.25, -0.2) is 4.99 Å². The van der Waals surface area contributed by atoms with Crippen molar-refractivity contribution in [3.8, 4) is 6.07 Å². The largest absolute Gasteiger partial charge is 0.431 e. The number of aliphatic imine (C=N–C) groups is 1. The van der Waals surface area contributed by atoms with E-state index in [-0.39, 0.29) is 5.41 Å². The fourth-order valence-electron chi connectivity index (χ4n) is 3.55. The molecule has 0 saturated heterocycles. The van der Waals surface area contributed by atoms with Gasteiger partial charge in [0.05, 0.1) is 0 Å². The van der Waals surface area contributed by atoms with Gasteiger partial charge in [0, 0.05) is 34.8 Å². The molecule has 1 unspecified atom stereocenters. The van der Waals surface area contributed by atoms with E-state index < -0.39 is 11.9 Å². The maximum Gasteiger partial charge on any atom is 0.431 e. The molecule has 4 nitrogen and oxygen atoms in total. The SMILES string of the molecule is CC1(C(NCc2ccc3[nH]c(C(F)(F)F)cc3c2)=C2CC2)C=NC(C#N)=CC1. The van der Waals surface area contributed by atoms with Gasteiger partial charge >= 0.3 is 6.18 Å². The third kappa shape index (κ3) is 3.55. The monoisotopic (exact) mass is 384 g/mol. The van der Waals surface area contributed by atoms with Crippen LogP contribution in [0.4, 0.5) is 13.2 Å². The zero-order chi connectivity index (χ0) is 19.9. The molecule has 2 aromatic rings. The molecule has 1 aliphatic heterocycles. The number of aromatic amines is 1. The second-order valence-electron chi connectivity index (χ2n) is 7.52. The smallest absolute Gasteiger partial charge is 0.384 e. The van der Waals surface area contributed by atoms with Gasteiger partial charge < -0.3 is 10.3 Å². The minimum atomic E-state index is -4.38. The van der Waals surface area contributed by atoms with Gasteiger partial charge in [-0.15, -0.1) is 0 Å². The molecule has 0 amide bonds. The summed E-state index contributed by atoms with van der Waals surface area (Å²) in [4.78, 5) is 6.66. The average Bonchev–Trinajstić information content (AvgIpc) is 3.38. The van der Waals surface area contributed by atoms with Crippen molar-refractivity contribution in [3.05, 3.63) is 58.6 Å². The Hall–Kier alpha value is -3.01. The Labute approximate surface area is 160 Å². The van der Waals surface area contributed by atoms with Crippen LogP contribution in [-0.4, -0.2) is 11.2 Å². The molecule has 2 aliphatic rings. The highest BCUT2D eigenvalue weighted by Gasteiger charge is 2.34. The first-order valence-electron chi connectivity index (χ1n) is 9.09. The van der Waals surface area contributed by atoms with Gasteiger partial charge in [-0.3, -0.25) is 0 Å². The molecule has 1 aromatic heterocycles.